The van der Waals surface area contributed by atoms with Crippen LogP contribution in [0.5, 0.6) is 0 Å². The first-order valence-electron chi connectivity index (χ1n) is 10.2. The highest BCUT2D eigenvalue weighted by Crippen LogP contribution is 2.50. The van der Waals surface area contributed by atoms with E-state index in [0.29, 0.717) is 24.0 Å². The number of allylic oxidation sites excluding steroid dienone is 1. The van der Waals surface area contributed by atoms with Crippen molar-refractivity contribution in [3.05, 3.63) is 23.8 Å². The molecule has 2 rings (SSSR count). The molecule has 0 spiro atoms. The van der Waals surface area contributed by atoms with Crippen molar-refractivity contribution in [1.82, 2.24) is 4.90 Å². The molecule has 6 atom stereocenters. The third-order valence-electron chi connectivity index (χ3n) is 6.04. The SMILES string of the molecule is CC#CC[C@H](C)[C@@H](O)/C=C/[C@@H]1[C@H]2CC(=CCSCC(=O)N(C)C)C[C@H]2C[C@H]1O. The number of aliphatic hydroxyl groups excluding tert-OH is 2. The van der Waals surface area contributed by atoms with Gasteiger partial charge in [-0.2, -0.15) is 0 Å². The van der Waals surface area contributed by atoms with Crippen molar-refractivity contribution in [3.8, 4) is 11.8 Å². The minimum Gasteiger partial charge on any atom is -0.392 e. The van der Waals surface area contributed by atoms with Crippen LogP contribution in [0.4, 0.5) is 0 Å². The molecule has 0 heterocycles. The Kier molecular flexibility index (Phi) is 9.14. The molecule has 1 amide bonds. The average Bonchev–Trinajstić information content (AvgIpc) is 3.17. The summed E-state index contributed by atoms with van der Waals surface area (Å²) in [5, 5.41) is 20.8. The Morgan fingerprint density at radius 2 is 2.14 bits per heavy atom. The number of aliphatic hydroxyl groups is 2. The molecule has 2 aliphatic carbocycles. The van der Waals surface area contributed by atoms with Gasteiger partial charge in [0.15, 0.2) is 0 Å². The fraction of sp³-hybridized carbons (Fsp3) is 0.696. The van der Waals surface area contributed by atoms with E-state index in [-0.39, 0.29) is 23.8 Å². The van der Waals surface area contributed by atoms with Gasteiger partial charge in [-0.3, -0.25) is 4.79 Å². The van der Waals surface area contributed by atoms with Crippen molar-refractivity contribution in [2.75, 3.05) is 25.6 Å². The number of fused-ring (bicyclic) bond motifs is 1. The van der Waals surface area contributed by atoms with Crippen LogP contribution in [0.1, 0.15) is 39.5 Å². The number of rotatable bonds is 8. The van der Waals surface area contributed by atoms with Crippen LogP contribution in [-0.2, 0) is 4.79 Å². The van der Waals surface area contributed by atoms with Crippen LogP contribution in [0.25, 0.3) is 0 Å². The molecule has 0 aliphatic heterocycles. The Bertz CT molecular complexity index is 646. The van der Waals surface area contributed by atoms with Crippen molar-refractivity contribution in [1.29, 1.82) is 0 Å². The monoisotopic (exact) mass is 405 g/mol. The fourth-order valence-electron chi connectivity index (χ4n) is 4.21. The molecule has 0 aromatic carbocycles. The fourth-order valence-corrected chi connectivity index (χ4v) is 5.11. The van der Waals surface area contributed by atoms with Gasteiger partial charge in [0.2, 0.25) is 5.91 Å². The number of carbonyl (C=O) groups is 1. The number of hydrogen-bond acceptors (Lipinski definition) is 4. The standard InChI is InChI=1S/C23H35NO3S/c1-5-6-7-16(2)21(25)9-8-19-20-13-17(12-18(20)14-22(19)26)10-11-28-15-23(27)24(3)4/h8-10,16,18-22,25-26H,7,11-15H2,1-4H3/b9-8+,17-10?/t16-,18-,19+,20-,21-,22+/m0/s1. The lowest BCUT2D eigenvalue weighted by Crippen LogP contribution is -2.23. The molecule has 156 valence electrons. The van der Waals surface area contributed by atoms with Gasteiger partial charge in [-0.05, 0) is 43.9 Å². The summed E-state index contributed by atoms with van der Waals surface area (Å²) in [6, 6.07) is 0. The highest BCUT2D eigenvalue weighted by Gasteiger charge is 2.44. The third kappa shape index (κ3) is 6.40. The zero-order valence-corrected chi connectivity index (χ0v) is 18.4. The zero-order chi connectivity index (χ0) is 20.7. The second-order valence-corrected chi connectivity index (χ2v) is 9.39. The Hall–Kier alpha value is -1.22. The first-order chi connectivity index (χ1) is 13.3. The van der Waals surface area contributed by atoms with Gasteiger partial charge in [0, 0.05) is 32.2 Å². The maximum atomic E-state index is 11.6. The third-order valence-corrected chi connectivity index (χ3v) is 6.89. The average molecular weight is 406 g/mol. The van der Waals surface area contributed by atoms with Gasteiger partial charge in [0.25, 0.3) is 0 Å². The Morgan fingerprint density at radius 3 is 2.82 bits per heavy atom. The molecule has 2 fully saturated rings. The number of hydrogen-bond donors (Lipinski definition) is 2. The molecule has 2 saturated carbocycles. The molecule has 0 aromatic heterocycles. The van der Waals surface area contributed by atoms with Crippen molar-refractivity contribution >= 4 is 17.7 Å². The van der Waals surface area contributed by atoms with E-state index in [4.69, 9.17) is 0 Å². The Labute approximate surface area is 174 Å². The summed E-state index contributed by atoms with van der Waals surface area (Å²) in [5.74, 6) is 8.64. The first-order valence-corrected chi connectivity index (χ1v) is 11.4. The predicted octanol–water partition coefficient (Wildman–Crippen LogP) is 3.11. The van der Waals surface area contributed by atoms with Crippen LogP contribution in [0.3, 0.4) is 0 Å². The lowest BCUT2D eigenvalue weighted by Gasteiger charge is -2.19. The van der Waals surface area contributed by atoms with Crippen LogP contribution in [-0.4, -0.2) is 58.8 Å². The van der Waals surface area contributed by atoms with Crippen molar-refractivity contribution < 1.29 is 15.0 Å². The van der Waals surface area contributed by atoms with Crippen LogP contribution in [0.2, 0.25) is 0 Å². The Balaban J connectivity index is 1.86. The maximum absolute atomic E-state index is 11.6. The van der Waals surface area contributed by atoms with Crippen molar-refractivity contribution in [2.45, 2.75) is 51.7 Å². The quantitative estimate of drug-likeness (QED) is 0.370. The normalized spacial score (nSPS) is 30.1. The molecule has 2 N–H and O–H groups in total. The van der Waals surface area contributed by atoms with E-state index in [1.165, 1.54) is 5.57 Å². The molecular formula is C23H35NO3S. The molecular weight excluding hydrogens is 370 g/mol. The maximum Gasteiger partial charge on any atom is 0.232 e. The molecule has 28 heavy (non-hydrogen) atoms. The van der Waals surface area contributed by atoms with E-state index in [1.807, 2.05) is 26.0 Å². The summed E-state index contributed by atoms with van der Waals surface area (Å²) >= 11 is 1.65. The number of amides is 1. The molecule has 0 unspecified atom stereocenters. The zero-order valence-electron chi connectivity index (χ0n) is 17.6. The molecule has 0 radical (unpaired) electrons. The molecule has 0 saturated heterocycles. The molecule has 0 bridgehead atoms. The van der Waals surface area contributed by atoms with E-state index in [0.717, 1.165) is 25.0 Å². The number of nitrogens with zero attached hydrogens (tertiary/aromatic N) is 1. The highest BCUT2D eigenvalue weighted by atomic mass is 32.2. The van der Waals surface area contributed by atoms with Gasteiger partial charge in [-0.25, -0.2) is 0 Å². The van der Waals surface area contributed by atoms with Gasteiger partial charge in [0.1, 0.15) is 0 Å². The minimum atomic E-state index is -0.519. The molecule has 0 aromatic rings. The summed E-state index contributed by atoms with van der Waals surface area (Å²) in [7, 11) is 3.57. The van der Waals surface area contributed by atoms with Gasteiger partial charge in [-0.15, -0.1) is 23.6 Å². The first kappa shape index (κ1) is 23.1. The van der Waals surface area contributed by atoms with Gasteiger partial charge in [0.05, 0.1) is 18.0 Å². The molecule has 2 aliphatic rings. The predicted molar refractivity (Wildman–Crippen MR) is 117 cm³/mol. The van der Waals surface area contributed by atoms with Crippen LogP contribution in [0.15, 0.2) is 23.8 Å². The molecule has 4 nitrogen and oxygen atoms in total. The highest BCUT2D eigenvalue weighted by molar-refractivity contribution is 8.00. The summed E-state index contributed by atoms with van der Waals surface area (Å²) in [5.41, 5.74) is 1.46. The Morgan fingerprint density at radius 1 is 1.39 bits per heavy atom. The number of thioether (sulfide) groups is 1. The van der Waals surface area contributed by atoms with Gasteiger partial charge >= 0.3 is 0 Å². The number of carbonyl (C=O) groups excluding carboxylic acids is 1. The summed E-state index contributed by atoms with van der Waals surface area (Å²) in [4.78, 5) is 13.3. The van der Waals surface area contributed by atoms with E-state index in [1.54, 1.807) is 30.8 Å². The summed E-state index contributed by atoms with van der Waals surface area (Å²) in [6.07, 6.45) is 8.96. The van der Waals surface area contributed by atoms with E-state index in [2.05, 4.69) is 17.9 Å². The van der Waals surface area contributed by atoms with E-state index >= 15 is 0 Å². The summed E-state index contributed by atoms with van der Waals surface area (Å²) in [6.45, 7) is 3.82. The van der Waals surface area contributed by atoms with E-state index < -0.39 is 6.10 Å². The summed E-state index contributed by atoms with van der Waals surface area (Å²) < 4.78 is 0. The smallest absolute Gasteiger partial charge is 0.232 e. The molecule has 5 heteroatoms. The second kappa shape index (κ2) is 11.1. The van der Waals surface area contributed by atoms with Crippen molar-refractivity contribution in [2.24, 2.45) is 23.7 Å². The lowest BCUT2D eigenvalue weighted by molar-refractivity contribution is -0.125. The largest absolute Gasteiger partial charge is 0.392 e. The van der Waals surface area contributed by atoms with E-state index in [9.17, 15) is 15.0 Å². The van der Waals surface area contributed by atoms with Crippen molar-refractivity contribution in [3.63, 3.8) is 0 Å². The van der Waals surface area contributed by atoms with Crippen LogP contribution >= 0.6 is 11.8 Å². The second-order valence-electron chi connectivity index (χ2n) is 8.36. The van der Waals surface area contributed by atoms with Crippen LogP contribution in [0, 0.1) is 35.5 Å². The van der Waals surface area contributed by atoms with Gasteiger partial charge < -0.3 is 15.1 Å². The van der Waals surface area contributed by atoms with Gasteiger partial charge in [-0.1, -0.05) is 30.7 Å². The topological polar surface area (TPSA) is 60.8 Å². The van der Waals surface area contributed by atoms with Crippen LogP contribution < -0.4 is 0 Å². The lowest BCUT2D eigenvalue weighted by atomic mass is 9.89. The minimum absolute atomic E-state index is 0.0963.